The van der Waals surface area contributed by atoms with E-state index < -0.39 is 0 Å². The van der Waals surface area contributed by atoms with E-state index in [0.717, 1.165) is 30.4 Å². The van der Waals surface area contributed by atoms with Gasteiger partial charge in [0, 0.05) is 6.07 Å². The van der Waals surface area contributed by atoms with Gasteiger partial charge in [-0.1, -0.05) is 6.92 Å². The number of methoxy groups -OCH3 is 1. The summed E-state index contributed by atoms with van der Waals surface area (Å²) in [6.45, 7) is 9.18. The molecule has 0 unspecified atom stereocenters. The summed E-state index contributed by atoms with van der Waals surface area (Å²) in [5.74, 6) is 1.41. The third-order valence-corrected chi connectivity index (χ3v) is 6.13. The molecule has 0 amide bonds. The van der Waals surface area contributed by atoms with Crippen LogP contribution in [0.4, 0.5) is 0 Å². The number of hydrogen-bond acceptors (Lipinski definition) is 6. The minimum atomic E-state index is -0.287. The predicted octanol–water partition coefficient (Wildman–Crippen LogP) is 0.673. The number of rotatable bonds is 6. The van der Waals surface area contributed by atoms with Crippen molar-refractivity contribution in [3.05, 3.63) is 46.0 Å². The smallest absolute Gasteiger partial charge is 0.258 e. The standard InChI is InChI=1S/C21H28N6O3/c1-5-21(2,3)27-19(23-24-25-27)18(26-8-10-30-11-9-26)16-12-14-6-7-15(29-4)13-17(14)22-20(16)28/h6-7,12-13,18H,5,8-11H2,1-4H3,(H,22,28)/p+1/t18-/m0/s1. The summed E-state index contributed by atoms with van der Waals surface area (Å²) in [6.07, 6.45) is 0.865. The second-order valence-electron chi connectivity index (χ2n) is 8.33. The Kier molecular flexibility index (Phi) is 5.57. The van der Waals surface area contributed by atoms with Crippen LogP contribution in [0.3, 0.4) is 0 Å². The van der Waals surface area contributed by atoms with Crippen molar-refractivity contribution in [2.24, 2.45) is 0 Å². The fraction of sp³-hybridized carbons (Fsp3) is 0.524. The molecule has 4 rings (SSSR count). The van der Waals surface area contributed by atoms with Crippen LogP contribution in [0.2, 0.25) is 0 Å². The van der Waals surface area contributed by atoms with E-state index in [0.29, 0.717) is 30.4 Å². The van der Waals surface area contributed by atoms with Crippen molar-refractivity contribution in [2.45, 2.75) is 38.8 Å². The van der Waals surface area contributed by atoms with E-state index in [-0.39, 0.29) is 17.1 Å². The van der Waals surface area contributed by atoms with Crippen LogP contribution in [0, 0.1) is 0 Å². The number of tetrazole rings is 1. The van der Waals surface area contributed by atoms with E-state index in [1.165, 1.54) is 4.90 Å². The van der Waals surface area contributed by atoms with Crippen molar-refractivity contribution < 1.29 is 14.4 Å². The molecular weight excluding hydrogens is 384 g/mol. The molecule has 0 radical (unpaired) electrons. The Morgan fingerprint density at radius 3 is 2.77 bits per heavy atom. The normalized spacial score (nSPS) is 16.7. The van der Waals surface area contributed by atoms with Gasteiger partial charge in [-0.2, -0.15) is 0 Å². The monoisotopic (exact) mass is 413 g/mol. The Bertz CT molecular complexity index is 1080. The summed E-state index contributed by atoms with van der Waals surface area (Å²) in [5, 5.41) is 13.6. The molecule has 1 saturated heterocycles. The molecule has 2 N–H and O–H groups in total. The van der Waals surface area contributed by atoms with Gasteiger partial charge in [0.05, 0.1) is 36.9 Å². The summed E-state index contributed by atoms with van der Waals surface area (Å²) in [5.41, 5.74) is 1.00. The first-order chi connectivity index (χ1) is 14.4. The minimum absolute atomic E-state index is 0.136. The van der Waals surface area contributed by atoms with Gasteiger partial charge >= 0.3 is 0 Å². The number of quaternary nitrogens is 1. The third kappa shape index (κ3) is 3.70. The molecule has 0 aliphatic carbocycles. The molecule has 1 aliphatic heterocycles. The highest BCUT2D eigenvalue weighted by molar-refractivity contribution is 5.80. The van der Waals surface area contributed by atoms with Gasteiger partial charge in [-0.3, -0.25) is 4.79 Å². The molecule has 160 valence electrons. The lowest BCUT2D eigenvalue weighted by Crippen LogP contribution is -3.14. The molecule has 2 aromatic heterocycles. The van der Waals surface area contributed by atoms with Crippen molar-refractivity contribution in [3.63, 3.8) is 0 Å². The number of ether oxygens (including phenoxy) is 2. The van der Waals surface area contributed by atoms with Crippen LogP contribution in [-0.2, 0) is 10.3 Å². The molecule has 3 aromatic rings. The molecule has 0 spiro atoms. The number of nitrogens with one attached hydrogen (secondary N) is 2. The van der Waals surface area contributed by atoms with Crippen LogP contribution in [0.5, 0.6) is 5.75 Å². The summed E-state index contributed by atoms with van der Waals surface area (Å²) in [6, 6.07) is 7.36. The topological polar surface area (TPSA) is 99.4 Å². The SMILES string of the molecule is CCC(C)(C)n1nnnc1[C@H](c1cc2ccc(OC)cc2[nH]c1=O)[NH+]1CCOCC1. The number of H-pyrrole nitrogens is 1. The molecule has 1 aromatic carbocycles. The summed E-state index contributed by atoms with van der Waals surface area (Å²) in [7, 11) is 1.61. The quantitative estimate of drug-likeness (QED) is 0.616. The van der Waals surface area contributed by atoms with Crippen LogP contribution >= 0.6 is 0 Å². The Morgan fingerprint density at radius 2 is 2.07 bits per heavy atom. The largest absolute Gasteiger partial charge is 0.497 e. The van der Waals surface area contributed by atoms with Gasteiger partial charge in [-0.25, -0.2) is 4.68 Å². The molecule has 9 nitrogen and oxygen atoms in total. The van der Waals surface area contributed by atoms with Crippen molar-refractivity contribution in [3.8, 4) is 5.75 Å². The molecular formula is C21H29N6O3+. The molecule has 30 heavy (non-hydrogen) atoms. The van der Waals surface area contributed by atoms with Gasteiger partial charge in [-0.05, 0) is 54.3 Å². The lowest BCUT2D eigenvalue weighted by molar-refractivity contribution is -0.934. The average Bonchev–Trinajstić information content (AvgIpc) is 3.25. The number of morpholine rings is 1. The van der Waals surface area contributed by atoms with E-state index in [1.54, 1.807) is 7.11 Å². The van der Waals surface area contributed by atoms with Crippen LogP contribution < -0.4 is 15.2 Å². The lowest BCUT2D eigenvalue weighted by atomic mass is 9.99. The highest BCUT2D eigenvalue weighted by atomic mass is 16.5. The van der Waals surface area contributed by atoms with Crippen LogP contribution in [0.15, 0.2) is 29.1 Å². The van der Waals surface area contributed by atoms with Crippen molar-refractivity contribution in [2.75, 3.05) is 33.4 Å². The molecule has 1 atom stereocenters. The highest BCUT2D eigenvalue weighted by Gasteiger charge is 2.37. The van der Waals surface area contributed by atoms with E-state index >= 15 is 0 Å². The predicted molar refractivity (Wildman–Crippen MR) is 112 cm³/mol. The maximum absolute atomic E-state index is 13.2. The van der Waals surface area contributed by atoms with Crippen LogP contribution in [0.25, 0.3) is 10.9 Å². The van der Waals surface area contributed by atoms with Crippen molar-refractivity contribution in [1.29, 1.82) is 0 Å². The van der Waals surface area contributed by atoms with Crippen molar-refractivity contribution >= 4 is 10.9 Å². The fourth-order valence-corrected chi connectivity index (χ4v) is 3.96. The van der Waals surface area contributed by atoms with Gasteiger partial charge in [0.25, 0.3) is 5.56 Å². The Labute approximate surface area is 175 Å². The molecule has 0 bridgehead atoms. The fourth-order valence-electron chi connectivity index (χ4n) is 3.96. The lowest BCUT2D eigenvalue weighted by Gasteiger charge is -2.32. The van der Waals surface area contributed by atoms with Crippen LogP contribution in [0.1, 0.15) is 44.6 Å². The zero-order valence-corrected chi connectivity index (χ0v) is 17.9. The third-order valence-electron chi connectivity index (χ3n) is 6.13. The first kappa shape index (κ1) is 20.5. The highest BCUT2D eigenvalue weighted by Crippen LogP contribution is 2.25. The second-order valence-corrected chi connectivity index (χ2v) is 8.33. The zero-order chi connectivity index (χ0) is 21.3. The number of fused-ring (bicyclic) bond motifs is 1. The first-order valence-corrected chi connectivity index (χ1v) is 10.4. The van der Waals surface area contributed by atoms with Crippen molar-refractivity contribution in [1.82, 2.24) is 25.2 Å². The van der Waals surface area contributed by atoms with Gasteiger partial charge in [0.1, 0.15) is 18.8 Å². The Balaban J connectivity index is 1.89. The summed E-state index contributed by atoms with van der Waals surface area (Å²) in [4.78, 5) is 17.5. The number of benzene rings is 1. The van der Waals surface area contributed by atoms with Gasteiger partial charge in [0.2, 0.25) is 5.82 Å². The van der Waals surface area contributed by atoms with Gasteiger partial charge in [-0.15, -0.1) is 5.10 Å². The Morgan fingerprint density at radius 1 is 1.30 bits per heavy atom. The molecule has 0 saturated carbocycles. The maximum Gasteiger partial charge on any atom is 0.258 e. The summed E-state index contributed by atoms with van der Waals surface area (Å²) >= 11 is 0. The van der Waals surface area contributed by atoms with E-state index in [1.807, 2.05) is 28.9 Å². The van der Waals surface area contributed by atoms with Gasteiger partial charge < -0.3 is 19.4 Å². The number of pyridine rings is 1. The maximum atomic E-state index is 13.2. The second kappa shape index (κ2) is 8.16. The number of nitrogens with zero attached hydrogens (tertiary/aromatic N) is 4. The number of aromatic amines is 1. The van der Waals surface area contributed by atoms with Crippen LogP contribution in [-0.4, -0.2) is 58.6 Å². The number of hydrogen-bond donors (Lipinski definition) is 2. The first-order valence-electron chi connectivity index (χ1n) is 10.4. The zero-order valence-electron chi connectivity index (χ0n) is 17.9. The van der Waals surface area contributed by atoms with E-state index in [4.69, 9.17) is 9.47 Å². The molecule has 3 heterocycles. The van der Waals surface area contributed by atoms with E-state index in [2.05, 4.69) is 41.3 Å². The minimum Gasteiger partial charge on any atom is -0.497 e. The number of aromatic nitrogens is 5. The van der Waals surface area contributed by atoms with E-state index in [9.17, 15) is 4.79 Å². The molecule has 1 aliphatic rings. The Hall–Kier alpha value is -2.78. The molecule has 9 heteroatoms. The molecule has 1 fully saturated rings. The summed E-state index contributed by atoms with van der Waals surface area (Å²) < 4.78 is 12.7. The van der Waals surface area contributed by atoms with Gasteiger partial charge in [0.15, 0.2) is 6.04 Å². The average molecular weight is 414 g/mol.